The van der Waals surface area contributed by atoms with Crippen molar-refractivity contribution in [2.45, 2.75) is 59.7 Å². The molecule has 0 radical (unpaired) electrons. The monoisotopic (exact) mass is 510 g/mol. The summed E-state index contributed by atoms with van der Waals surface area (Å²) in [6, 6.07) is 22.9. The Morgan fingerprint density at radius 2 is 1.70 bits per heavy atom. The van der Waals surface area contributed by atoms with Crippen LogP contribution in [0, 0.1) is 27.7 Å². The van der Waals surface area contributed by atoms with E-state index in [2.05, 4.69) is 84.9 Å². The molecule has 1 aliphatic heterocycles. The van der Waals surface area contributed by atoms with Crippen molar-refractivity contribution in [2.75, 3.05) is 4.90 Å². The van der Waals surface area contributed by atoms with Crippen LogP contribution in [0.3, 0.4) is 0 Å². The summed E-state index contributed by atoms with van der Waals surface area (Å²) >= 11 is 5.94. The number of nitrogens with zero attached hydrogens (tertiary/aromatic N) is 3. The van der Waals surface area contributed by atoms with Crippen LogP contribution in [0.5, 0.6) is 5.75 Å². The number of anilines is 1. The lowest BCUT2D eigenvalue weighted by molar-refractivity contribution is 0.242. The van der Waals surface area contributed by atoms with E-state index < -0.39 is 0 Å². The van der Waals surface area contributed by atoms with Gasteiger partial charge in [0.1, 0.15) is 5.75 Å². The van der Waals surface area contributed by atoms with Gasteiger partial charge in [0.25, 0.3) is 0 Å². The first-order chi connectivity index (χ1) is 17.8. The number of hydrogen-bond acceptors (Lipinski definition) is 3. The van der Waals surface area contributed by atoms with Crippen LogP contribution in [-0.2, 0) is 0 Å². The lowest BCUT2D eigenvalue weighted by Crippen LogP contribution is -2.29. The Morgan fingerprint density at radius 3 is 2.38 bits per heavy atom. The number of aromatic nitrogens is 2. The smallest absolute Gasteiger partial charge is 0.174 e. The van der Waals surface area contributed by atoms with Crippen LogP contribution in [0.2, 0.25) is 0 Å². The molecule has 1 fully saturated rings. The fraction of sp³-hybridized carbons (Fsp3) is 0.290. The lowest BCUT2D eigenvalue weighted by atomic mass is 9.96. The predicted molar refractivity (Wildman–Crippen MR) is 155 cm³/mol. The van der Waals surface area contributed by atoms with Gasteiger partial charge >= 0.3 is 0 Å². The van der Waals surface area contributed by atoms with Crippen molar-refractivity contribution >= 4 is 23.0 Å². The average Bonchev–Trinajstić information content (AvgIpc) is 3.37. The second kappa shape index (κ2) is 10.0. The summed E-state index contributed by atoms with van der Waals surface area (Å²) < 4.78 is 8.26. The molecule has 5 nitrogen and oxygen atoms in total. The highest BCUT2D eigenvalue weighted by Crippen LogP contribution is 2.44. The van der Waals surface area contributed by atoms with Crippen molar-refractivity contribution in [2.24, 2.45) is 0 Å². The summed E-state index contributed by atoms with van der Waals surface area (Å²) in [5, 5.41) is 4.27. The Morgan fingerprint density at radius 1 is 0.946 bits per heavy atom. The average molecular weight is 511 g/mol. The highest BCUT2D eigenvalue weighted by atomic mass is 32.1. The maximum atomic E-state index is 5.94. The zero-order valence-corrected chi connectivity index (χ0v) is 23.1. The Labute approximate surface area is 225 Å². The fourth-order valence-corrected chi connectivity index (χ4v) is 5.69. The largest absolute Gasteiger partial charge is 0.491 e. The molecule has 0 unspecified atom stereocenters. The quantitative estimate of drug-likeness (QED) is 0.281. The van der Waals surface area contributed by atoms with E-state index in [0.29, 0.717) is 5.11 Å². The Hall–Kier alpha value is -3.64. The van der Waals surface area contributed by atoms with E-state index in [1.807, 2.05) is 44.3 Å². The molecule has 1 saturated heterocycles. The number of rotatable bonds is 6. The molecular weight excluding hydrogens is 476 g/mol. The number of nitrogens with one attached hydrogen (secondary N) is 1. The SMILES string of the molecule is Cc1cccc(-n2c(C)cc([C@H]3[C@H](c4ccccn4)NC(=S)N3c3ccc(OC(C)C)cc3)c2C)c1C. The van der Waals surface area contributed by atoms with Crippen molar-refractivity contribution in [1.29, 1.82) is 0 Å². The van der Waals surface area contributed by atoms with Gasteiger partial charge in [-0.05, 0) is 119 Å². The third-order valence-electron chi connectivity index (χ3n) is 7.19. The highest BCUT2D eigenvalue weighted by Gasteiger charge is 2.42. The van der Waals surface area contributed by atoms with Crippen LogP contribution in [-0.4, -0.2) is 20.8 Å². The molecule has 5 rings (SSSR count). The molecule has 6 heteroatoms. The summed E-state index contributed by atoms with van der Waals surface area (Å²) in [7, 11) is 0. The first kappa shape index (κ1) is 25.0. The lowest BCUT2D eigenvalue weighted by Gasteiger charge is -2.28. The second-order valence-electron chi connectivity index (χ2n) is 10.0. The van der Waals surface area contributed by atoms with E-state index >= 15 is 0 Å². The first-order valence-corrected chi connectivity index (χ1v) is 13.2. The number of thiocarbonyl (C=S) groups is 1. The number of aryl methyl sites for hydroxylation is 2. The molecule has 0 spiro atoms. The zero-order valence-electron chi connectivity index (χ0n) is 22.3. The summed E-state index contributed by atoms with van der Waals surface area (Å²) in [5.74, 6) is 0.850. The van der Waals surface area contributed by atoms with Crippen molar-refractivity contribution < 1.29 is 4.74 Å². The molecule has 2 aromatic heterocycles. The number of benzene rings is 2. The summed E-state index contributed by atoms with van der Waals surface area (Å²) in [6.45, 7) is 12.8. The van der Waals surface area contributed by atoms with Gasteiger partial charge in [0.15, 0.2) is 5.11 Å². The van der Waals surface area contributed by atoms with Crippen LogP contribution < -0.4 is 15.0 Å². The van der Waals surface area contributed by atoms with Crippen LogP contribution >= 0.6 is 12.2 Å². The van der Waals surface area contributed by atoms with Gasteiger partial charge in [-0.15, -0.1) is 0 Å². The van der Waals surface area contributed by atoms with Gasteiger partial charge in [-0.2, -0.15) is 0 Å². The van der Waals surface area contributed by atoms with E-state index in [4.69, 9.17) is 21.9 Å². The zero-order chi connectivity index (χ0) is 26.3. The Kier molecular flexibility index (Phi) is 6.78. The van der Waals surface area contributed by atoms with Crippen LogP contribution in [0.4, 0.5) is 5.69 Å². The van der Waals surface area contributed by atoms with Crippen molar-refractivity contribution in [3.63, 3.8) is 0 Å². The van der Waals surface area contributed by atoms with Crippen molar-refractivity contribution in [3.05, 3.63) is 107 Å². The molecule has 4 aromatic rings. The first-order valence-electron chi connectivity index (χ1n) is 12.8. The number of pyridine rings is 1. The van der Waals surface area contributed by atoms with Gasteiger partial charge in [0.05, 0.1) is 23.9 Å². The maximum absolute atomic E-state index is 5.94. The molecule has 190 valence electrons. The molecule has 3 heterocycles. The van der Waals surface area contributed by atoms with Gasteiger partial charge in [0.2, 0.25) is 0 Å². The molecule has 2 atom stereocenters. The van der Waals surface area contributed by atoms with E-state index in [1.54, 1.807) is 0 Å². The van der Waals surface area contributed by atoms with E-state index in [9.17, 15) is 0 Å². The second-order valence-corrected chi connectivity index (χ2v) is 10.4. The molecule has 37 heavy (non-hydrogen) atoms. The minimum atomic E-state index is -0.0900. The Bertz CT molecular complexity index is 1430. The summed E-state index contributed by atoms with van der Waals surface area (Å²) in [4.78, 5) is 6.94. The summed E-state index contributed by atoms with van der Waals surface area (Å²) in [5.41, 5.74) is 9.40. The normalized spacial score (nSPS) is 17.4. The van der Waals surface area contributed by atoms with Crippen molar-refractivity contribution in [3.8, 4) is 11.4 Å². The van der Waals surface area contributed by atoms with Gasteiger partial charge < -0.3 is 19.5 Å². The molecule has 0 amide bonds. The third-order valence-corrected chi connectivity index (χ3v) is 7.51. The van der Waals surface area contributed by atoms with E-state index in [1.165, 1.54) is 33.8 Å². The van der Waals surface area contributed by atoms with Gasteiger partial charge in [0, 0.05) is 29.0 Å². The highest BCUT2D eigenvalue weighted by molar-refractivity contribution is 7.80. The van der Waals surface area contributed by atoms with Gasteiger partial charge in [-0.1, -0.05) is 18.2 Å². The van der Waals surface area contributed by atoms with Crippen LogP contribution in [0.15, 0.2) is 72.9 Å². The van der Waals surface area contributed by atoms with Crippen molar-refractivity contribution in [1.82, 2.24) is 14.9 Å². The fourth-order valence-electron chi connectivity index (χ4n) is 5.34. The standard InChI is InChI=1S/C31H34N4OS/c1-19(2)36-25-15-13-24(14-16-25)35-30(29(33-31(35)37)27-11-7-8-17-32-27)26-18-21(4)34(23(26)6)28-12-9-10-20(3)22(28)5/h7-19,29-30H,1-6H3,(H,33,37)/t29-,30-/m0/s1. The van der Waals surface area contributed by atoms with E-state index in [0.717, 1.165) is 17.1 Å². The number of hydrogen-bond donors (Lipinski definition) is 1. The minimum absolute atomic E-state index is 0.0654. The Balaban J connectivity index is 1.64. The molecule has 2 aromatic carbocycles. The van der Waals surface area contributed by atoms with Crippen LogP contribution in [0.25, 0.3) is 5.69 Å². The molecular formula is C31H34N4OS. The summed E-state index contributed by atoms with van der Waals surface area (Å²) in [6.07, 6.45) is 1.97. The molecule has 0 aliphatic carbocycles. The topological polar surface area (TPSA) is 42.3 Å². The van der Waals surface area contributed by atoms with Crippen LogP contribution in [0.1, 0.15) is 59.7 Å². The molecule has 1 aliphatic rings. The number of ether oxygens (including phenoxy) is 1. The third kappa shape index (κ3) is 4.62. The van der Waals surface area contributed by atoms with Gasteiger partial charge in [-0.3, -0.25) is 4.98 Å². The predicted octanol–water partition coefficient (Wildman–Crippen LogP) is 7.07. The van der Waals surface area contributed by atoms with Gasteiger partial charge in [-0.25, -0.2) is 0 Å². The molecule has 0 saturated carbocycles. The maximum Gasteiger partial charge on any atom is 0.174 e. The minimum Gasteiger partial charge on any atom is -0.491 e. The van der Waals surface area contributed by atoms with E-state index in [-0.39, 0.29) is 18.2 Å². The molecule has 0 bridgehead atoms. The molecule has 1 N–H and O–H groups in total.